The van der Waals surface area contributed by atoms with Gasteiger partial charge in [0.1, 0.15) is 0 Å². The topological polar surface area (TPSA) is 15.3 Å². The zero-order valence-corrected chi connectivity index (χ0v) is 15.4. The van der Waals surface area contributed by atoms with E-state index in [1.54, 1.807) is 0 Å². The van der Waals surface area contributed by atoms with E-state index < -0.39 is 0 Å². The van der Waals surface area contributed by atoms with Crippen LogP contribution in [-0.4, -0.2) is 19.6 Å². The zero-order chi connectivity index (χ0) is 15.4. The Labute approximate surface area is 138 Å². The van der Waals surface area contributed by atoms with Gasteiger partial charge in [-0.05, 0) is 48.4 Å². The molecule has 1 atom stereocenters. The lowest BCUT2D eigenvalue weighted by molar-refractivity contribution is 0.422. The van der Waals surface area contributed by atoms with Crippen LogP contribution in [0.25, 0.3) is 0 Å². The number of hydrogen-bond acceptors (Lipinski definition) is 2. The molecule has 118 valence electrons. The lowest BCUT2D eigenvalue weighted by Crippen LogP contribution is -2.25. The van der Waals surface area contributed by atoms with E-state index in [4.69, 9.17) is 0 Å². The predicted molar refractivity (Wildman–Crippen MR) is 95.8 cm³/mol. The second-order valence-electron chi connectivity index (χ2n) is 7.04. The van der Waals surface area contributed by atoms with Gasteiger partial charge < -0.3 is 10.2 Å². The predicted octanol–water partition coefficient (Wildman–Crippen LogP) is 4.68. The first-order valence-electron chi connectivity index (χ1n) is 8.21. The van der Waals surface area contributed by atoms with E-state index in [2.05, 4.69) is 72.0 Å². The summed E-state index contributed by atoms with van der Waals surface area (Å²) >= 11 is 3.63. The summed E-state index contributed by atoms with van der Waals surface area (Å²) in [5.74, 6) is 2.31. The fourth-order valence-corrected chi connectivity index (χ4v) is 3.38. The number of benzene rings is 1. The van der Waals surface area contributed by atoms with Crippen LogP contribution in [0.15, 0.2) is 22.7 Å². The summed E-state index contributed by atoms with van der Waals surface area (Å²) in [4.78, 5) is 2.57. The average molecular weight is 353 g/mol. The van der Waals surface area contributed by atoms with E-state index in [0.29, 0.717) is 5.92 Å². The molecule has 0 spiro atoms. The molecular weight excluding hydrogens is 324 g/mol. The van der Waals surface area contributed by atoms with Gasteiger partial charge in [-0.3, -0.25) is 0 Å². The van der Waals surface area contributed by atoms with Crippen molar-refractivity contribution in [1.82, 2.24) is 5.32 Å². The minimum absolute atomic E-state index is 0.695. The highest BCUT2D eigenvalue weighted by Gasteiger charge is 2.26. The Hall–Kier alpha value is -0.540. The molecule has 0 amide bonds. The van der Waals surface area contributed by atoms with Crippen LogP contribution in [0.1, 0.15) is 39.7 Å². The summed E-state index contributed by atoms with van der Waals surface area (Å²) in [6.45, 7) is 13.6. The molecule has 1 aliphatic rings. The highest BCUT2D eigenvalue weighted by Crippen LogP contribution is 2.32. The van der Waals surface area contributed by atoms with E-state index in [1.807, 2.05) is 0 Å². The molecule has 0 saturated carbocycles. The molecular formula is C18H29BrN2. The lowest BCUT2D eigenvalue weighted by Gasteiger charge is -2.24. The van der Waals surface area contributed by atoms with Crippen molar-refractivity contribution in [1.29, 1.82) is 0 Å². The molecule has 2 nitrogen and oxygen atoms in total. The highest BCUT2D eigenvalue weighted by atomic mass is 79.9. The van der Waals surface area contributed by atoms with Crippen molar-refractivity contribution >= 4 is 21.6 Å². The van der Waals surface area contributed by atoms with Gasteiger partial charge in [-0.15, -0.1) is 0 Å². The molecule has 1 aliphatic heterocycles. The third-order valence-corrected chi connectivity index (χ3v) is 4.92. The number of hydrogen-bond donors (Lipinski definition) is 1. The summed E-state index contributed by atoms with van der Waals surface area (Å²) in [7, 11) is 0. The number of nitrogens with zero attached hydrogens (tertiary/aromatic N) is 1. The van der Waals surface area contributed by atoms with Gasteiger partial charge in [0, 0.05) is 29.8 Å². The molecule has 1 unspecified atom stereocenters. The van der Waals surface area contributed by atoms with Crippen LogP contribution in [-0.2, 0) is 6.54 Å². The summed E-state index contributed by atoms with van der Waals surface area (Å²) in [6.07, 6.45) is 1.32. The summed E-state index contributed by atoms with van der Waals surface area (Å²) in [6, 6.07) is 6.70. The van der Waals surface area contributed by atoms with Crippen LogP contribution in [0.2, 0.25) is 0 Å². The quantitative estimate of drug-likeness (QED) is 0.799. The van der Waals surface area contributed by atoms with Crippen LogP contribution < -0.4 is 10.2 Å². The molecule has 1 fully saturated rings. The summed E-state index contributed by atoms with van der Waals surface area (Å²) in [5.41, 5.74) is 2.83. The number of halogens is 1. The fraction of sp³-hybridized carbons (Fsp3) is 0.667. The second kappa shape index (κ2) is 7.64. The molecule has 1 saturated heterocycles. The van der Waals surface area contributed by atoms with Gasteiger partial charge in [-0.1, -0.05) is 49.7 Å². The Morgan fingerprint density at radius 1 is 1.29 bits per heavy atom. The second-order valence-corrected chi connectivity index (χ2v) is 7.95. The van der Waals surface area contributed by atoms with Gasteiger partial charge in [-0.2, -0.15) is 0 Å². The Morgan fingerprint density at radius 2 is 2.05 bits per heavy atom. The first-order chi connectivity index (χ1) is 9.97. The van der Waals surface area contributed by atoms with E-state index in [-0.39, 0.29) is 0 Å². The molecule has 1 aromatic rings. The Morgan fingerprint density at radius 3 is 2.67 bits per heavy atom. The zero-order valence-electron chi connectivity index (χ0n) is 13.8. The van der Waals surface area contributed by atoms with Crippen molar-refractivity contribution in [3.05, 3.63) is 28.2 Å². The monoisotopic (exact) mass is 352 g/mol. The number of anilines is 1. The van der Waals surface area contributed by atoms with Crippen LogP contribution in [0, 0.1) is 17.8 Å². The Kier molecular flexibility index (Phi) is 6.12. The van der Waals surface area contributed by atoms with Gasteiger partial charge in [-0.25, -0.2) is 0 Å². The number of rotatable bonds is 6. The first-order valence-corrected chi connectivity index (χ1v) is 9.00. The fourth-order valence-electron chi connectivity index (χ4n) is 3.03. The molecule has 1 N–H and O–H groups in total. The smallest absolute Gasteiger partial charge is 0.0423 e. The average Bonchev–Trinajstić information content (AvgIpc) is 2.89. The molecule has 2 rings (SSSR count). The molecule has 3 heteroatoms. The molecule has 0 aromatic heterocycles. The Balaban J connectivity index is 2.08. The van der Waals surface area contributed by atoms with Gasteiger partial charge in [0.05, 0.1) is 0 Å². The van der Waals surface area contributed by atoms with Crippen LogP contribution >= 0.6 is 15.9 Å². The van der Waals surface area contributed by atoms with E-state index in [1.165, 1.54) is 35.2 Å². The van der Waals surface area contributed by atoms with Crippen molar-refractivity contribution < 1.29 is 0 Å². The molecule has 21 heavy (non-hydrogen) atoms. The highest BCUT2D eigenvalue weighted by molar-refractivity contribution is 9.10. The standard InChI is InChI=1S/C18H29BrN2/c1-13(2)10-20-11-15-5-6-17(19)9-18(15)21-8-7-16(12-21)14(3)4/h5-6,9,13-14,16,20H,7-8,10-12H2,1-4H3. The van der Waals surface area contributed by atoms with E-state index >= 15 is 0 Å². The largest absolute Gasteiger partial charge is 0.371 e. The van der Waals surface area contributed by atoms with Crippen molar-refractivity contribution in [3.63, 3.8) is 0 Å². The van der Waals surface area contributed by atoms with Gasteiger partial charge in [0.25, 0.3) is 0 Å². The lowest BCUT2D eigenvalue weighted by atomic mass is 9.95. The first kappa shape index (κ1) is 16.8. The van der Waals surface area contributed by atoms with Gasteiger partial charge in [0.15, 0.2) is 0 Å². The van der Waals surface area contributed by atoms with Crippen LogP contribution in [0.4, 0.5) is 5.69 Å². The summed E-state index contributed by atoms with van der Waals surface area (Å²) in [5, 5.41) is 3.58. The molecule has 0 aliphatic carbocycles. The maximum atomic E-state index is 3.63. The van der Waals surface area contributed by atoms with Crippen molar-refractivity contribution in [3.8, 4) is 0 Å². The van der Waals surface area contributed by atoms with E-state index in [9.17, 15) is 0 Å². The maximum absolute atomic E-state index is 3.63. The number of nitrogens with one attached hydrogen (secondary N) is 1. The molecule has 1 heterocycles. The maximum Gasteiger partial charge on any atom is 0.0423 e. The molecule has 0 radical (unpaired) electrons. The SMILES string of the molecule is CC(C)CNCc1ccc(Br)cc1N1CCC(C(C)C)C1. The Bertz CT molecular complexity index is 457. The summed E-state index contributed by atoms with van der Waals surface area (Å²) < 4.78 is 1.18. The van der Waals surface area contributed by atoms with Crippen LogP contribution in [0.5, 0.6) is 0 Å². The van der Waals surface area contributed by atoms with Gasteiger partial charge in [0.2, 0.25) is 0 Å². The van der Waals surface area contributed by atoms with Crippen molar-refractivity contribution in [2.24, 2.45) is 17.8 Å². The van der Waals surface area contributed by atoms with Gasteiger partial charge >= 0.3 is 0 Å². The minimum Gasteiger partial charge on any atom is -0.371 e. The molecule has 0 bridgehead atoms. The normalized spacial score (nSPS) is 19.0. The van der Waals surface area contributed by atoms with E-state index in [0.717, 1.165) is 24.9 Å². The third kappa shape index (κ3) is 4.72. The molecule has 1 aromatic carbocycles. The third-order valence-electron chi connectivity index (χ3n) is 4.42. The van der Waals surface area contributed by atoms with Crippen molar-refractivity contribution in [2.75, 3.05) is 24.5 Å². The minimum atomic E-state index is 0.695. The van der Waals surface area contributed by atoms with Crippen LogP contribution in [0.3, 0.4) is 0 Å². The van der Waals surface area contributed by atoms with Crippen molar-refractivity contribution in [2.45, 2.75) is 40.7 Å².